The van der Waals surface area contributed by atoms with Crippen molar-refractivity contribution >= 4 is 22.7 Å². The van der Waals surface area contributed by atoms with Gasteiger partial charge < -0.3 is 14.0 Å². The summed E-state index contributed by atoms with van der Waals surface area (Å²) in [7, 11) is 3.27. The van der Waals surface area contributed by atoms with E-state index in [9.17, 15) is 14.4 Å². The van der Waals surface area contributed by atoms with Gasteiger partial charge in [-0.25, -0.2) is 4.98 Å². The highest BCUT2D eigenvalue weighted by atomic mass is 16.5. The number of benzene rings is 1. The summed E-state index contributed by atoms with van der Waals surface area (Å²) in [5.41, 5.74) is 2.74. The highest BCUT2D eigenvalue weighted by Crippen LogP contribution is 2.21. The molecule has 0 aliphatic rings. The number of ether oxygens (including phenoxy) is 2. The number of methoxy groups -OCH3 is 1. The van der Waals surface area contributed by atoms with Crippen LogP contribution in [0.5, 0.6) is 0 Å². The average molecular weight is 440 g/mol. The molecule has 0 spiro atoms. The van der Waals surface area contributed by atoms with Crippen molar-refractivity contribution in [2.45, 2.75) is 39.7 Å². The maximum Gasteiger partial charge on any atom is 0.306 e. The van der Waals surface area contributed by atoms with Crippen LogP contribution in [0.3, 0.4) is 0 Å². The lowest BCUT2D eigenvalue weighted by Gasteiger charge is -2.17. The number of esters is 1. The Labute approximate surface area is 186 Å². The molecule has 0 aliphatic carbocycles. The Bertz CT molecular complexity index is 1210. The number of hydrogen-bond acceptors (Lipinski definition) is 6. The Morgan fingerprint density at radius 3 is 2.62 bits per heavy atom. The summed E-state index contributed by atoms with van der Waals surface area (Å²) < 4.78 is 13.9. The van der Waals surface area contributed by atoms with Gasteiger partial charge >= 0.3 is 5.97 Å². The third-order valence-electron chi connectivity index (χ3n) is 5.63. The Hall–Kier alpha value is -3.26. The molecule has 170 valence electrons. The lowest BCUT2D eigenvalue weighted by molar-refractivity contribution is -0.142. The van der Waals surface area contributed by atoms with Crippen LogP contribution in [0.1, 0.15) is 47.0 Å². The lowest BCUT2D eigenvalue weighted by atomic mass is 10.1. The van der Waals surface area contributed by atoms with Gasteiger partial charge in [0.05, 0.1) is 30.0 Å². The Balaban J connectivity index is 1.62. The molecule has 0 bridgehead atoms. The van der Waals surface area contributed by atoms with Crippen LogP contribution in [-0.4, -0.2) is 46.2 Å². The second-order valence-corrected chi connectivity index (χ2v) is 7.95. The van der Waals surface area contributed by atoms with E-state index in [0.717, 1.165) is 11.4 Å². The van der Waals surface area contributed by atoms with Gasteiger partial charge in [0.1, 0.15) is 5.82 Å². The molecule has 0 amide bonds. The molecule has 8 nitrogen and oxygen atoms in total. The maximum atomic E-state index is 12.7. The van der Waals surface area contributed by atoms with Crippen LogP contribution in [0.4, 0.5) is 0 Å². The van der Waals surface area contributed by atoms with E-state index < -0.39 is 5.97 Å². The summed E-state index contributed by atoms with van der Waals surface area (Å²) in [6.45, 7) is 6.03. The zero-order valence-corrected chi connectivity index (χ0v) is 19.2. The van der Waals surface area contributed by atoms with Crippen molar-refractivity contribution < 1.29 is 19.1 Å². The van der Waals surface area contributed by atoms with Crippen LogP contribution >= 0.6 is 0 Å². The molecule has 0 fully saturated rings. The summed E-state index contributed by atoms with van der Waals surface area (Å²) in [5, 5.41) is 0.532. The molecule has 3 aromatic rings. The number of hydrogen-bond donors (Lipinski definition) is 0. The average Bonchev–Trinajstić information content (AvgIpc) is 3.07. The Kier molecular flexibility index (Phi) is 7.25. The van der Waals surface area contributed by atoms with Gasteiger partial charge in [0.2, 0.25) is 5.78 Å². The van der Waals surface area contributed by atoms with Gasteiger partial charge in [-0.15, -0.1) is 0 Å². The van der Waals surface area contributed by atoms with E-state index in [2.05, 4.69) is 4.98 Å². The standard InChI is InChI=1S/C24H29N3O5/c1-15-12-19(17(3)27(15)16(2)13-31-5)21(28)14-32-23(29)11-10-22-25-20-9-7-6-8-18(20)24(30)26(22)4/h6-9,12,16H,10-11,13-14H2,1-5H3. The van der Waals surface area contributed by atoms with E-state index in [1.165, 1.54) is 4.57 Å². The topological polar surface area (TPSA) is 92.4 Å². The summed E-state index contributed by atoms with van der Waals surface area (Å²) >= 11 is 0. The van der Waals surface area contributed by atoms with Gasteiger partial charge in [0.25, 0.3) is 5.56 Å². The van der Waals surface area contributed by atoms with Gasteiger partial charge in [-0.3, -0.25) is 19.0 Å². The minimum atomic E-state index is -0.512. The molecule has 8 heteroatoms. The molecule has 2 heterocycles. The SMILES string of the molecule is COCC(C)n1c(C)cc(C(=O)COC(=O)CCc2nc3ccccc3c(=O)n2C)c1C. The molecule has 1 aromatic carbocycles. The van der Waals surface area contributed by atoms with Crippen molar-refractivity contribution in [2.24, 2.45) is 7.05 Å². The first-order valence-electron chi connectivity index (χ1n) is 10.6. The molecular weight excluding hydrogens is 410 g/mol. The smallest absolute Gasteiger partial charge is 0.306 e. The van der Waals surface area contributed by atoms with Crippen molar-refractivity contribution in [3.8, 4) is 0 Å². The van der Waals surface area contributed by atoms with Crippen LogP contribution in [0.2, 0.25) is 0 Å². The first kappa shape index (κ1) is 23.4. The molecule has 0 N–H and O–H groups in total. The molecule has 0 aliphatic heterocycles. The number of carbonyl (C=O) groups excluding carboxylic acids is 2. The molecule has 1 atom stereocenters. The normalized spacial score (nSPS) is 12.2. The Morgan fingerprint density at radius 1 is 1.19 bits per heavy atom. The van der Waals surface area contributed by atoms with Gasteiger partial charge in [-0.2, -0.15) is 0 Å². The maximum absolute atomic E-state index is 12.7. The zero-order chi connectivity index (χ0) is 23.4. The second-order valence-electron chi connectivity index (χ2n) is 7.95. The van der Waals surface area contributed by atoms with Crippen molar-refractivity contribution in [3.63, 3.8) is 0 Å². The number of para-hydroxylation sites is 1. The van der Waals surface area contributed by atoms with Crippen LogP contribution in [0.15, 0.2) is 35.1 Å². The van der Waals surface area contributed by atoms with Gasteiger partial charge in [-0.05, 0) is 39.0 Å². The second kappa shape index (κ2) is 9.91. The first-order valence-corrected chi connectivity index (χ1v) is 10.6. The molecule has 3 rings (SSSR count). The predicted molar refractivity (Wildman–Crippen MR) is 121 cm³/mol. The molecule has 0 saturated carbocycles. The van der Waals surface area contributed by atoms with Gasteiger partial charge in [0, 0.05) is 37.5 Å². The molecule has 0 saturated heterocycles. The molecule has 32 heavy (non-hydrogen) atoms. The van der Waals surface area contributed by atoms with Crippen molar-refractivity contribution in [2.75, 3.05) is 20.3 Å². The number of Topliss-reactive ketones (excluding diaryl/α,β-unsaturated/α-hetero) is 1. The van der Waals surface area contributed by atoms with E-state index in [4.69, 9.17) is 9.47 Å². The van der Waals surface area contributed by atoms with E-state index >= 15 is 0 Å². The predicted octanol–water partition coefficient (Wildman–Crippen LogP) is 2.92. The van der Waals surface area contributed by atoms with Crippen LogP contribution in [0.25, 0.3) is 10.9 Å². The monoisotopic (exact) mass is 439 g/mol. The number of aryl methyl sites for hydroxylation is 2. The van der Waals surface area contributed by atoms with E-state index in [-0.39, 0.29) is 36.8 Å². The lowest BCUT2D eigenvalue weighted by Crippen LogP contribution is -2.23. The minimum absolute atomic E-state index is 0.0236. The van der Waals surface area contributed by atoms with Crippen molar-refractivity contribution in [3.05, 3.63) is 63.5 Å². The third kappa shape index (κ3) is 4.80. The van der Waals surface area contributed by atoms with E-state index in [0.29, 0.717) is 28.9 Å². The van der Waals surface area contributed by atoms with E-state index in [1.807, 2.05) is 37.5 Å². The largest absolute Gasteiger partial charge is 0.457 e. The highest BCUT2D eigenvalue weighted by Gasteiger charge is 2.20. The number of nitrogens with zero attached hydrogens (tertiary/aromatic N) is 3. The molecule has 2 aromatic heterocycles. The van der Waals surface area contributed by atoms with Crippen LogP contribution < -0.4 is 5.56 Å². The molecule has 0 radical (unpaired) electrons. The highest BCUT2D eigenvalue weighted by molar-refractivity contribution is 5.99. The summed E-state index contributed by atoms with van der Waals surface area (Å²) in [5.74, 6) is -0.270. The summed E-state index contributed by atoms with van der Waals surface area (Å²) in [6.07, 6.45) is 0.266. The van der Waals surface area contributed by atoms with Crippen LogP contribution in [-0.2, 0) is 27.7 Å². The summed E-state index contributed by atoms with van der Waals surface area (Å²) in [4.78, 5) is 41.9. The van der Waals surface area contributed by atoms with Gasteiger partial charge in [-0.1, -0.05) is 12.1 Å². The number of rotatable bonds is 9. The summed E-state index contributed by atoms with van der Waals surface area (Å²) in [6, 6.07) is 8.99. The molecule has 1 unspecified atom stereocenters. The third-order valence-corrected chi connectivity index (χ3v) is 5.63. The van der Waals surface area contributed by atoms with Crippen molar-refractivity contribution in [1.82, 2.24) is 14.1 Å². The fraction of sp³-hybridized carbons (Fsp3) is 0.417. The van der Waals surface area contributed by atoms with Gasteiger partial charge in [0.15, 0.2) is 6.61 Å². The van der Waals surface area contributed by atoms with E-state index in [1.54, 1.807) is 32.4 Å². The number of aromatic nitrogens is 3. The first-order chi connectivity index (χ1) is 15.2. The fourth-order valence-corrected chi connectivity index (χ4v) is 4.05. The van der Waals surface area contributed by atoms with Crippen LogP contribution in [0, 0.1) is 13.8 Å². The number of fused-ring (bicyclic) bond motifs is 1. The Morgan fingerprint density at radius 2 is 1.91 bits per heavy atom. The molecular formula is C24H29N3O5. The number of carbonyl (C=O) groups is 2. The fourth-order valence-electron chi connectivity index (χ4n) is 4.05. The number of ketones is 1. The van der Waals surface area contributed by atoms with Crippen molar-refractivity contribution in [1.29, 1.82) is 0 Å². The zero-order valence-electron chi connectivity index (χ0n) is 19.2. The quantitative estimate of drug-likeness (QED) is 0.376. The minimum Gasteiger partial charge on any atom is -0.457 e.